The number of nitro benzene ring substituents is 1. The third-order valence-corrected chi connectivity index (χ3v) is 8.36. The Hall–Kier alpha value is -4.49. The first kappa shape index (κ1) is 28.5. The van der Waals surface area contributed by atoms with Gasteiger partial charge in [0.15, 0.2) is 5.75 Å². The van der Waals surface area contributed by atoms with Crippen LogP contribution in [0.15, 0.2) is 81.4 Å². The van der Waals surface area contributed by atoms with Crippen LogP contribution in [0.3, 0.4) is 0 Å². The maximum Gasteiger partial charge on any atom is 0.341 e. The summed E-state index contributed by atoms with van der Waals surface area (Å²) in [6, 6.07) is 11.8. The third kappa shape index (κ3) is 5.90. The molecule has 0 saturated carbocycles. The molecule has 4 rings (SSSR count). The highest BCUT2D eigenvalue weighted by molar-refractivity contribution is 7.87. The van der Waals surface area contributed by atoms with Crippen molar-refractivity contribution in [3.8, 4) is 5.75 Å². The van der Waals surface area contributed by atoms with Crippen molar-refractivity contribution >= 4 is 69.6 Å². The second kappa shape index (κ2) is 9.92. The molecule has 7 N–H and O–H groups in total. The molecule has 0 bridgehead atoms. The van der Waals surface area contributed by atoms with Crippen LogP contribution in [0.1, 0.15) is 0 Å². The molecule has 0 unspecified atom stereocenters. The average molecular weight is 611 g/mol. The first-order chi connectivity index (χ1) is 18.5. The molecular formula is C22H18N4O11S3. The number of fused-ring (bicyclic) bond motifs is 1. The third-order valence-electron chi connectivity index (χ3n) is 5.42. The van der Waals surface area contributed by atoms with Crippen LogP contribution in [0.2, 0.25) is 0 Å². The van der Waals surface area contributed by atoms with Gasteiger partial charge in [-0.2, -0.15) is 25.3 Å². The van der Waals surface area contributed by atoms with Crippen LogP contribution in [0, 0.1) is 10.1 Å². The van der Waals surface area contributed by atoms with E-state index in [2.05, 4.69) is 5.32 Å². The first-order valence-corrected chi connectivity index (χ1v) is 14.9. The highest BCUT2D eigenvalue weighted by atomic mass is 32.2. The summed E-state index contributed by atoms with van der Waals surface area (Å²) in [7, 11) is -14.9. The van der Waals surface area contributed by atoms with E-state index in [1.165, 1.54) is 24.3 Å². The Morgan fingerprint density at radius 3 is 1.93 bits per heavy atom. The van der Waals surface area contributed by atoms with Gasteiger partial charge in [-0.25, -0.2) is 0 Å². The Kier molecular flexibility index (Phi) is 7.07. The molecule has 40 heavy (non-hydrogen) atoms. The second-order valence-corrected chi connectivity index (χ2v) is 12.6. The van der Waals surface area contributed by atoms with Gasteiger partial charge in [0.2, 0.25) is 0 Å². The summed E-state index contributed by atoms with van der Waals surface area (Å²) < 4.78 is 98.2. The number of benzene rings is 4. The van der Waals surface area contributed by atoms with E-state index < -0.39 is 67.1 Å². The van der Waals surface area contributed by atoms with Gasteiger partial charge in [-0.1, -0.05) is 0 Å². The number of nitrogens with one attached hydrogen (secondary N) is 1. The van der Waals surface area contributed by atoms with Gasteiger partial charge in [0.05, 0.1) is 20.4 Å². The molecule has 0 aromatic heterocycles. The van der Waals surface area contributed by atoms with Crippen molar-refractivity contribution in [2.45, 2.75) is 14.7 Å². The van der Waals surface area contributed by atoms with Crippen molar-refractivity contribution in [2.75, 3.05) is 16.8 Å². The van der Waals surface area contributed by atoms with Crippen LogP contribution in [0.25, 0.3) is 10.8 Å². The van der Waals surface area contributed by atoms with E-state index in [-0.39, 0.29) is 16.5 Å². The van der Waals surface area contributed by atoms with Gasteiger partial charge >= 0.3 is 10.1 Å². The molecule has 0 amide bonds. The molecule has 0 heterocycles. The summed E-state index contributed by atoms with van der Waals surface area (Å²) in [4.78, 5) is 8.13. The molecule has 0 radical (unpaired) electrons. The summed E-state index contributed by atoms with van der Waals surface area (Å²) in [5.41, 5.74) is 11.1. The van der Waals surface area contributed by atoms with Gasteiger partial charge in [0.25, 0.3) is 25.9 Å². The molecule has 0 fully saturated rings. The summed E-state index contributed by atoms with van der Waals surface area (Å²) in [5, 5.41) is 13.5. The number of rotatable bonds is 8. The molecule has 18 heteroatoms. The Bertz CT molecular complexity index is 2010. The summed E-state index contributed by atoms with van der Waals surface area (Å²) in [6.07, 6.45) is 0. The van der Waals surface area contributed by atoms with E-state index in [4.69, 9.17) is 15.7 Å². The van der Waals surface area contributed by atoms with Gasteiger partial charge < -0.3 is 21.0 Å². The Balaban J connectivity index is 1.93. The van der Waals surface area contributed by atoms with Gasteiger partial charge in [-0.3, -0.25) is 19.2 Å². The Morgan fingerprint density at radius 1 is 0.800 bits per heavy atom. The maximum absolute atomic E-state index is 13.5. The molecule has 4 aromatic rings. The fraction of sp³-hybridized carbons (Fsp3) is 0. The normalized spacial score (nSPS) is 12.2. The fourth-order valence-electron chi connectivity index (χ4n) is 3.64. The first-order valence-electron chi connectivity index (χ1n) is 10.6. The van der Waals surface area contributed by atoms with Gasteiger partial charge in [-0.05, 0) is 53.9 Å². The predicted molar refractivity (Wildman–Crippen MR) is 143 cm³/mol. The monoisotopic (exact) mass is 610 g/mol. The lowest BCUT2D eigenvalue weighted by molar-refractivity contribution is -0.385. The molecular weight excluding hydrogens is 592 g/mol. The minimum Gasteiger partial charge on any atom is -0.399 e. The van der Waals surface area contributed by atoms with Crippen LogP contribution < -0.4 is 21.0 Å². The molecule has 4 aromatic carbocycles. The van der Waals surface area contributed by atoms with Crippen molar-refractivity contribution in [1.82, 2.24) is 0 Å². The topological polar surface area (TPSA) is 259 Å². The lowest BCUT2D eigenvalue weighted by Gasteiger charge is -2.16. The minimum absolute atomic E-state index is 0.174. The SMILES string of the molecule is Nc1ccc(Nc2ccc([N+](=O)[O-])cc2S(=O)(=O)Oc2cc(S(=O)(=O)O)cc3cc(S(=O)(=O)O)cc(N)c23)cc1. The summed E-state index contributed by atoms with van der Waals surface area (Å²) in [6.45, 7) is 0. The molecule has 0 saturated heterocycles. The van der Waals surface area contributed by atoms with Crippen molar-refractivity contribution in [3.63, 3.8) is 0 Å². The Labute approximate surface area is 226 Å². The largest absolute Gasteiger partial charge is 0.399 e. The number of anilines is 4. The average Bonchev–Trinajstić information content (AvgIpc) is 2.83. The second-order valence-electron chi connectivity index (χ2n) is 8.20. The standard InChI is InChI=1S/C22H18N4O11S3/c23-13-1-3-14(4-2-13)25-19-6-5-15(26(27)28)9-21(19)40(35,36)37-20-11-17(39(32,33)34)8-12-7-16(38(29,30)31)10-18(24)22(12)20/h1-11,25H,23-24H2,(H,29,30,31)(H,32,33,34). The lowest BCUT2D eigenvalue weighted by atomic mass is 10.1. The van der Waals surface area contributed by atoms with E-state index in [0.717, 1.165) is 30.3 Å². The summed E-state index contributed by atoms with van der Waals surface area (Å²) in [5.74, 6) is -0.769. The molecule has 0 spiro atoms. The Morgan fingerprint density at radius 2 is 1.38 bits per heavy atom. The van der Waals surface area contributed by atoms with E-state index in [0.29, 0.717) is 23.5 Å². The van der Waals surface area contributed by atoms with E-state index >= 15 is 0 Å². The van der Waals surface area contributed by atoms with Crippen LogP contribution in [0.5, 0.6) is 5.75 Å². The lowest BCUT2D eigenvalue weighted by Crippen LogP contribution is -2.14. The number of hydrogen-bond acceptors (Lipinski definition) is 12. The van der Waals surface area contributed by atoms with Crippen molar-refractivity contribution in [1.29, 1.82) is 0 Å². The van der Waals surface area contributed by atoms with Crippen LogP contribution in [-0.2, 0) is 30.4 Å². The number of nitrogens with two attached hydrogens (primary N) is 2. The zero-order chi connectivity index (χ0) is 29.6. The zero-order valence-corrected chi connectivity index (χ0v) is 22.2. The molecule has 210 valence electrons. The minimum atomic E-state index is -5.03. The fourth-order valence-corrected chi connectivity index (χ4v) is 5.83. The maximum atomic E-state index is 13.5. The highest BCUT2D eigenvalue weighted by Crippen LogP contribution is 2.39. The van der Waals surface area contributed by atoms with Crippen molar-refractivity contribution in [3.05, 3.63) is 76.8 Å². The molecule has 15 nitrogen and oxygen atoms in total. The van der Waals surface area contributed by atoms with E-state index in [9.17, 15) is 44.5 Å². The highest BCUT2D eigenvalue weighted by Gasteiger charge is 2.28. The van der Waals surface area contributed by atoms with E-state index in [1.807, 2.05) is 0 Å². The molecule has 0 aliphatic carbocycles. The van der Waals surface area contributed by atoms with Gasteiger partial charge in [0.1, 0.15) is 4.90 Å². The molecule has 0 aliphatic heterocycles. The smallest absolute Gasteiger partial charge is 0.341 e. The van der Waals surface area contributed by atoms with Crippen molar-refractivity contribution in [2.24, 2.45) is 0 Å². The number of non-ortho nitro benzene ring substituents is 1. The van der Waals surface area contributed by atoms with Gasteiger partial charge in [-0.15, -0.1) is 0 Å². The number of nitrogen functional groups attached to an aromatic ring is 2. The summed E-state index contributed by atoms with van der Waals surface area (Å²) >= 11 is 0. The quantitative estimate of drug-likeness (QED) is 0.0632. The number of hydrogen-bond donors (Lipinski definition) is 5. The molecule has 0 atom stereocenters. The van der Waals surface area contributed by atoms with Crippen LogP contribution in [0.4, 0.5) is 28.4 Å². The number of nitrogens with zero attached hydrogens (tertiary/aromatic N) is 1. The van der Waals surface area contributed by atoms with Crippen molar-refractivity contribution < 1.29 is 43.5 Å². The van der Waals surface area contributed by atoms with Crippen LogP contribution in [-0.4, -0.2) is 39.3 Å². The number of nitro groups is 1. The molecule has 0 aliphatic rings. The van der Waals surface area contributed by atoms with Gasteiger partial charge in [0, 0.05) is 40.6 Å². The van der Waals surface area contributed by atoms with Crippen LogP contribution >= 0.6 is 0 Å². The zero-order valence-electron chi connectivity index (χ0n) is 19.7. The van der Waals surface area contributed by atoms with E-state index in [1.54, 1.807) is 0 Å². The predicted octanol–water partition coefficient (Wildman–Crippen LogP) is 2.92.